The SMILES string of the molecule is CSc1ccccc1NC(=O)CN(C)c1nnc(-c2ccccc2)s1. The maximum atomic E-state index is 12.3. The fourth-order valence-corrected chi connectivity index (χ4v) is 3.65. The van der Waals surface area contributed by atoms with Gasteiger partial charge in [0.25, 0.3) is 0 Å². The zero-order chi connectivity index (χ0) is 17.6. The molecule has 1 amide bonds. The van der Waals surface area contributed by atoms with Gasteiger partial charge >= 0.3 is 0 Å². The van der Waals surface area contributed by atoms with Crippen molar-refractivity contribution in [2.45, 2.75) is 4.90 Å². The molecule has 0 bridgehead atoms. The Bertz CT molecular complexity index is 851. The molecule has 0 aliphatic carbocycles. The summed E-state index contributed by atoms with van der Waals surface area (Å²) in [4.78, 5) is 15.2. The number of likely N-dealkylation sites (N-methyl/N-ethyl adjacent to an activating group) is 1. The highest BCUT2D eigenvalue weighted by Crippen LogP contribution is 2.28. The van der Waals surface area contributed by atoms with Gasteiger partial charge in [-0.25, -0.2) is 0 Å². The van der Waals surface area contributed by atoms with Crippen LogP contribution in [0.1, 0.15) is 0 Å². The highest BCUT2D eigenvalue weighted by Gasteiger charge is 2.14. The average molecular weight is 371 g/mol. The van der Waals surface area contributed by atoms with Crippen LogP contribution in [0.25, 0.3) is 10.6 Å². The molecule has 0 aliphatic rings. The van der Waals surface area contributed by atoms with Gasteiger partial charge < -0.3 is 10.2 Å². The van der Waals surface area contributed by atoms with Crippen molar-refractivity contribution in [2.24, 2.45) is 0 Å². The van der Waals surface area contributed by atoms with Gasteiger partial charge in [0.2, 0.25) is 11.0 Å². The molecule has 0 saturated heterocycles. The van der Waals surface area contributed by atoms with Gasteiger partial charge in [-0.05, 0) is 18.4 Å². The van der Waals surface area contributed by atoms with Gasteiger partial charge in [-0.1, -0.05) is 53.8 Å². The highest BCUT2D eigenvalue weighted by molar-refractivity contribution is 7.98. The van der Waals surface area contributed by atoms with Crippen molar-refractivity contribution < 1.29 is 4.79 Å². The van der Waals surface area contributed by atoms with Crippen molar-refractivity contribution in [3.63, 3.8) is 0 Å². The molecular formula is C18H18N4OS2. The predicted octanol–water partition coefficient (Wildman–Crippen LogP) is 4.00. The molecule has 1 heterocycles. The molecule has 3 rings (SSSR count). The number of nitrogens with zero attached hydrogens (tertiary/aromatic N) is 3. The summed E-state index contributed by atoms with van der Waals surface area (Å²) < 4.78 is 0. The lowest BCUT2D eigenvalue weighted by Crippen LogP contribution is -2.30. The maximum Gasteiger partial charge on any atom is 0.243 e. The summed E-state index contributed by atoms with van der Waals surface area (Å²) in [5, 5.41) is 12.9. The van der Waals surface area contributed by atoms with Crippen LogP contribution in [0.2, 0.25) is 0 Å². The Hall–Kier alpha value is -2.38. The van der Waals surface area contributed by atoms with Gasteiger partial charge in [0.05, 0.1) is 12.2 Å². The molecular weight excluding hydrogens is 352 g/mol. The van der Waals surface area contributed by atoms with Crippen LogP contribution in [0.15, 0.2) is 59.5 Å². The Morgan fingerprint density at radius 3 is 2.60 bits per heavy atom. The van der Waals surface area contributed by atoms with E-state index < -0.39 is 0 Å². The van der Waals surface area contributed by atoms with Crippen molar-refractivity contribution in [3.8, 4) is 10.6 Å². The maximum absolute atomic E-state index is 12.3. The summed E-state index contributed by atoms with van der Waals surface area (Å²) in [7, 11) is 1.84. The Balaban J connectivity index is 1.65. The van der Waals surface area contributed by atoms with Crippen LogP contribution in [0.5, 0.6) is 0 Å². The van der Waals surface area contributed by atoms with E-state index in [4.69, 9.17) is 0 Å². The lowest BCUT2D eigenvalue weighted by Gasteiger charge is -2.15. The van der Waals surface area contributed by atoms with Crippen molar-refractivity contribution in [2.75, 3.05) is 30.1 Å². The fraction of sp³-hybridized carbons (Fsp3) is 0.167. The van der Waals surface area contributed by atoms with Crippen molar-refractivity contribution in [1.82, 2.24) is 10.2 Å². The first-order valence-electron chi connectivity index (χ1n) is 7.70. The molecule has 2 aromatic carbocycles. The molecule has 25 heavy (non-hydrogen) atoms. The first kappa shape index (κ1) is 17.4. The monoisotopic (exact) mass is 370 g/mol. The molecule has 0 saturated carbocycles. The third-order valence-corrected chi connectivity index (χ3v) is 5.41. The highest BCUT2D eigenvalue weighted by atomic mass is 32.2. The molecule has 0 aliphatic heterocycles. The topological polar surface area (TPSA) is 58.1 Å². The van der Waals surface area contributed by atoms with Gasteiger partial charge in [0.1, 0.15) is 5.01 Å². The molecule has 0 radical (unpaired) electrons. The van der Waals surface area contributed by atoms with Gasteiger partial charge in [-0.2, -0.15) is 0 Å². The minimum atomic E-state index is -0.0829. The van der Waals surface area contributed by atoms with Crippen LogP contribution in [0, 0.1) is 0 Å². The predicted molar refractivity (Wildman–Crippen MR) is 105 cm³/mol. The minimum Gasteiger partial charge on any atom is -0.340 e. The average Bonchev–Trinajstić information content (AvgIpc) is 3.13. The molecule has 0 spiro atoms. The van der Waals surface area contributed by atoms with E-state index in [0.717, 1.165) is 21.2 Å². The minimum absolute atomic E-state index is 0.0829. The number of benzene rings is 2. The molecule has 5 nitrogen and oxygen atoms in total. The van der Waals surface area contributed by atoms with Crippen LogP contribution in [-0.2, 0) is 4.79 Å². The van der Waals surface area contributed by atoms with E-state index in [1.807, 2.05) is 67.9 Å². The van der Waals surface area contributed by atoms with Crippen molar-refractivity contribution in [3.05, 3.63) is 54.6 Å². The fourth-order valence-electron chi connectivity index (χ4n) is 2.29. The van der Waals surface area contributed by atoms with E-state index in [-0.39, 0.29) is 12.5 Å². The summed E-state index contributed by atoms with van der Waals surface area (Å²) in [6, 6.07) is 17.7. The lowest BCUT2D eigenvalue weighted by molar-refractivity contribution is -0.114. The number of thioether (sulfide) groups is 1. The number of hydrogen-bond donors (Lipinski definition) is 1. The largest absolute Gasteiger partial charge is 0.340 e. The van der Waals surface area contributed by atoms with E-state index >= 15 is 0 Å². The molecule has 128 valence electrons. The Kier molecular flexibility index (Phi) is 5.67. The van der Waals surface area contributed by atoms with Crippen LogP contribution in [-0.4, -0.2) is 36.0 Å². The first-order chi connectivity index (χ1) is 12.2. The molecule has 0 atom stereocenters. The second-order valence-electron chi connectivity index (χ2n) is 5.36. The standard InChI is InChI=1S/C18H18N4OS2/c1-22(12-16(23)19-14-10-6-7-11-15(14)24-2)18-21-20-17(25-18)13-8-4-3-5-9-13/h3-11H,12H2,1-2H3,(H,19,23). The normalized spacial score (nSPS) is 10.5. The van der Waals surface area contributed by atoms with Crippen molar-refractivity contribution >= 4 is 39.8 Å². The number of carbonyl (C=O) groups excluding carboxylic acids is 1. The third kappa shape index (κ3) is 4.37. The van der Waals surface area contributed by atoms with Crippen LogP contribution in [0.3, 0.4) is 0 Å². The summed E-state index contributed by atoms with van der Waals surface area (Å²) in [6.45, 7) is 0.214. The van der Waals surface area contributed by atoms with Gasteiger partial charge in [0, 0.05) is 17.5 Å². The second kappa shape index (κ2) is 8.13. The summed E-state index contributed by atoms with van der Waals surface area (Å²) in [5.74, 6) is -0.0829. The van der Waals surface area contributed by atoms with E-state index in [9.17, 15) is 4.79 Å². The Labute approximate surface area is 155 Å². The number of aromatic nitrogens is 2. The van der Waals surface area contributed by atoms with Gasteiger partial charge in [0.15, 0.2) is 0 Å². The van der Waals surface area contributed by atoms with E-state index in [1.165, 1.54) is 11.3 Å². The number of rotatable bonds is 6. The number of hydrogen-bond acceptors (Lipinski definition) is 6. The smallest absolute Gasteiger partial charge is 0.243 e. The zero-order valence-electron chi connectivity index (χ0n) is 14.0. The Morgan fingerprint density at radius 2 is 1.84 bits per heavy atom. The first-order valence-corrected chi connectivity index (χ1v) is 9.74. The quantitative estimate of drug-likeness (QED) is 0.665. The van der Waals surface area contributed by atoms with Crippen LogP contribution >= 0.6 is 23.1 Å². The Morgan fingerprint density at radius 1 is 1.12 bits per heavy atom. The van der Waals surface area contributed by atoms with E-state index in [2.05, 4.69) is 15.5 Å². The molecule has 0 unspecified atom stereocenters. The summed E-state index contributed by atoms with van der Waals surface area (Å²) in [5.41, 5.74) is 1.86. The molecule has 1 aromatic heterocycles. The molecule has 7 heteroatoms. The number of para-hydroxylation sites is 1. The van der Waals surface area contributed by atoms with Crippen LogP contribution in [0.4, 0.5) is 10.8 Å². The number of carbonyl (C=O) groups is 1. The lowest BCUT2D eigenvalue weighted by atomic mass is 10.2. The number of nitrogens with one attached hydrogen (secondary N) is 1. The molecule has 0 fully saturated rings. The summed E-state index contributed by atoms with van der Waals surface area (Å²) >= 11 is 3.07. The second-order valence-corrected chi connectivity index (χ2v) is 7.16. The third-order valence-electron chi connectivity index (χ3n) is 3.52. The van der Waals surface area contributed by atoms with E-state index in [1.54, 1.807) is 16.7 Å². The zero-order valence-corrected chi connectivity index (χ0v) is 15.6. The molecule has 3 aromatic rings. The van der Waals surface area contributed by atoms with Crippen molar-refractivity contribution in [1.29, 1.82) is 0 Å². The van der Waals surface area contributed by atoms with Gasteiger partial charge in [-0.15, -0.1) is 22.0 Å². The van der Waals surface area contributed by atoms with E-state index in [0.29, 0.717) is 5.13 Å². The van der Waals surface area contributed by atoms with Gasteiger partial charge in [-0.3, -0.25) is 4.79 Å². The molecule has 1 N–H and O–H groups in total. The summed E-state index contributed by atoms with van der Waals surface area (Å²) in [6.07, 6.45) is 1.99. The number of anilines is 2. The number of amides is 1. The van der Waals surface area contributed by atoms with Crippen LogP contribution < -0.4 is 10.2 Å².